The molecule has 0 spiro atoms. The van der Waals surface area contributed by atoms with Gasteiger partial charge < -0.3 is 14.8 Å². The van der Waals surface area contributed by atoms with Crippen molar-refractivity contribution in [3.05, 3.63) is 53.6 Å². The summed E-state index contributed by atoms with van der Waals surface area (Å²) < 4.78 is 23.6. The maximum Gasteiger partial charge on any atom is 0.160 e. The quantitative estimate of drug-likeness (QED) is 0.799. The number of hydrogen-bond donors (Lipinski definition) is 1. The van der Waals surface area contributed by atoms with Gasteiger partial charge in [0, 0.05) is 0 Å². The molecule has 0 saturated heterocycles. The van der Waals surface area contributed by atoms with Gasteiger partial charge in [-0.05, 0) is 48.7 Å². The van der Waals surface area contributed by atoms with Gasteiger partial charge >= 0.3 is 0 Å². The van der Waals surface area contributed by atoms with Gasteiger partial charge in [-0.15, -0.1) is 0 Å². The highest BCUT2D eigenvalue weighted by Crippen LogP contribution is 2.27. The highest BCUT2D eigenvalue weighted by atomic mass is 19.1. The molecule has 0 saturated carbocycles. The van der Waals surface area contributed by atoms with E-state index in [1.165, 1.54) is 12.3 Å². The zero-order valence-corrected chi connectivity index (χ0v) is 14.7. The molecular formula is C19H25FN2O2. The molecule has 0 radical (unpaired) electrons. The summed E-state index contributed by atoms with van der Waals surface area (Å²) >= 11 is 0. The topological polar surface area (TPSA) is 43.4 Å². The standard InChI is InChI=1S/C19H25FN2O2/c1-13(2)19(16-7-6-15(20)12-22-16)21-10-9-14-5-8-17(23-3)18(11-14)24-4/h5-8,11-13,19,21H,9-10H2,1-4H3/t19-/m0/s1. The molecule has 0 bridgehead atoms. The van der Waals surface area contributed by atoms with E-state index >= 15 is 0 Å². The minimum atomic E-state index is -0.313. The third-order valence-electron chi connectivity index (χ3n) is 3.96. The van der Waals surface area contributed by atoms with Gasteiger partial charge in [0.1, 0.15) is 5.82 Å². The van der Waals surface area contributed by atoms with Crippen LogP contribution in [0.3, 0.4) is 0 Å². The second-order valence-electron chi connectivity index (χ2n) is 6.02. The molecule has 0 unspecified atom stereocenters. The number of hydrogen-bond acceptors (Lipinski definition) is 4. The second-order valence-corrected chi connectivity index (χ2v) is 6.02. The Morgan fingerprint density at radius 2 is 1.83 bits per heavy atom. The van der Waals surface area contributed by atoms with Crippen LogP contribution in [-0.4, -0.2) is 25.7 Å². The number of pyridine rings is 1. The third-order valence-corrected chi connectivity index (χ3v) is 3.96. The monoisotopic (exact) mass is 332 g/mol. The van der Waals surface area contributed by atoms with Crippen LogP contribution in [0.2, 0.25) is 0 Å². The predicted octanol–water partition coefficient (Wildman–Crippen LogP) is 3.77. The van der Waals surface area contributed by atoms with Crippen molar-refractivity contribution in [2.24, 2.45) is 5.92 Å². The lowest BCUT2D eigenvalue weighted by molar-refractivity contribution is 0.354. The molecule has 1 heterocycles. The molecule has 0 aliphatic heterocycles. The fraction of sp³-hybridized carbons (Fsp3) is 0.421. The summed E-state index contributed by atoms with van der Waals surface area (Å²) in [5.74, 6) is 1.50. The smallest absolute Gasteiger partial charge is 0.160 e. The van der Waals surface area contributed by atoms with E-state index in [2.05, 4.69) is 24.1 Å². The number of benzene rings is 1. The van der Waals surface area contributed by atoms with E-state index in [9.17, 15) is 4.39 Å². The van der Waals surface area contributed by atoms with Gasteiger partial charge in [0.2, 0.25) is 0 Å². The first-order valence-corrected chi connectivity index (χ1v) is 8.11. The Balaban J connectivity index is 1.99. The molecule has 1 atom stereocenters. The predicted molar refractivity (Wildman–Crippen MR) is 93.0 cm³/mol. The molecular weight excluding hydrogens is 307 g/mol. The van der Waals surface area contributed by atoms with Crippen LogP contribution in [0.25, 0.3) is 0 Å². The van der Waals surface area contributed by atoms with Gasteiger partial charge in [-0.3, -0.25) is 4.98 Å². The Kier molecular flexibility index (Phi) is 6.55. The Morgan fingerprint density at radius 1 is 1.08 bits per heavy atom. The number of aromatic nitrogens is 1. The van der Waals surface area contributed by atoms with E-state index in [0.29, 0.717) is 5.92 Å². The van der Waals surface area contributed by atoms with Gasteiger partial charge in [-0.1, -0.05) is 19.9 Å². The highest BCUT2D eigenvalue weighted by molar-refractivity contribution is 5.42. The molecule has 1 N–H and O–H groups in total. The van der Waals surface area contributed by atoms with Crippen LogP contribution in [0.4, 0.5) is 4.39 Å². The van der Waals surface area contributed by atoms with Crippen molar-refractivity contribution in [2.75, 3.05) is 20.8 Å². The van der Waals surface area contributed by atoms with Gasteiger partial charge in [0.15, 0.2) is 11.5 Å². The molecule has 1 aromatic heterocycles. The lowest BCUT2D eigenvalue weighted by atomic mass is 10.00. The molecule has 24 heavy (non-hydrogen) atoms. The molecule has 0 fully saturated rings. The van der Waals surface area contributed by atoms with E-state index in [1.807, 2.05) is 18.2 Å². The zero-order valence-electron chi connectivity index (χ0n) is 14.7. The number of nitrogens with one attached hydrogen (secondary N) is 1. The number of methoxy groups -OCH3 is 2. The average Bonchev–Trinajstić information content (AvgIpc) is 2.59. The fourth-order valence-electron chi connectivity index (χ4n) is 2.66. The molecule has 2 rings (SSSR count). The Morgan fingerprint density at radius 3 is 2.42 bits per heavy atom. The molecule has 2 aromatic rings. The number of nitrogens with zero attached hydrogens (tertiary/aromatic N) is 1. The molecule has 0 aliphatic carbocycles. The Bertz CT molecular complexity index is 644. The van der Waals surface area contributed by atoms with Gasteiger partial charge in [0.25, 0.3) is 0 Å². The first-order valence-electron chi connectivity index (χ1n) is 8.11. The van der Waals surface area contributed by atoms with Crippen LogP contribution in [0.5, 0.6) is 11.5 Å². The van der Waals surface area contributed by atoms with Crippen molar-refractivity contribution in [3.8, 4) is 11.5 Å². The normalized spacial score (nSPS) is 12.2. The van der Waals surface area contributed by atoms with Crippen molar-refractivity contribution < 1.29 is 13.9 Å². The van der Waals surface area contributed by atoms with E-state index < -0.39 is 0 Å². The summed E-state index contributed by atoms with van der Waals surface area (Å²) in [5.41, 5.74) is 2.02. The largest absolute Gasteiger partial charge is 0.493 e. The summed E-state index contributed by atoms with van der Waals surface area (Å²) in [6, 6.07) is 9.21. The van der Waals surface area contributed by atoms with E-state index in [4.69, 9.17) is 9.47 Å². The van der Waals surface area contributed by atoms with Gasteiger partial charge in [-0.25, -0.2) is 4.39 Å². The lowest BCUT2D eigenvalue weighted by Gasteiger charge is -2.22. The molecule has 4 nitrogen and oxygen atoms in total. The van der Waals surface area contributed by atoms with Crippen molar-refractivity contribution in [1.82, 2.24) is 10.3 Å². The molecule has 0 amide bonds. The van der Waals surface area contributed by atoms with E-state index in [-0.39, 0.29) is 11.9 Å². The van der Waals surface area contributed by atoms with Crippen molar-refractivity contribution in [3.63, 3.8) is 0 Å². The van der Waals surface area contributed by atoms with Crippen molar-refractivity contribution >= 4 is 0 Å². The van der Waals surface area contributed by atoms with Crippen LogP contribution in [0.1, 0.15) is 31.1 Å². The molecule has 1 aromatic carbocycles. The van der Waals surface area contributed by atoms with Crippen LogP contribution in [-0.2, 0) is 6.42 Å². The molecule has 5 heteroatoms. The maximum atomic E-state index is 13.1. The summed E-state index contributed by atoms with van der Waals surface area (Å²) in [6.45, 7) is 5.04. The Labute approximate surface area is 143 Å². The lowest BCUT2D eigenvalue weighted by Crippen LogP contribution is -2.28. The third kappa shape index (κ3) is 4.68. The zero-order chi connectivity index (χ0) is 17.5. The maximum absolute atomic E-state index is 13.1. The number of rotatable bonds is 8. The minimum Gasteiger partial charge on any atom is -0.493 e. The highest BCUT2D eigenvalue weighted by Gasteiger charge is 2.16. The number of ether oxygens (including phenoxy) is 2. The second kappa shape index (κ2) is 8.64. The summed E-state index contributed by atoms with van der Waals surface area (Å²) in [4.78, 5) is 4.20. The van der Waals surface area contributed by atoms with Crippen LogP contribution >= 0.6 is 0 Å². The van der Waals surface area contributed by atoms with Gasteiger partial charge in [0.05, 0.1) is 32.2 Å². The van der Waals surface area contributed by atoms with Crippen LogP contribution in [0.15, 0.2) is 36.5 Å². The Hall–Kier alpha value is -2.14. The molecule has 130 valence electrons. The van der Waals surface area contributed by atoms with Crippen molar-refractivity contribution in [1.29, 1.82) is 0 Å². The first kappa shape index (κ1) is 18.2. The van der Waals surface area contributed by atoms with Crippen molar-refractivity contribution in [2.45, 2.75) is 26.3 Å². The van der Waals surface area contributed by atoms with E-state index in [1.54, 1.807) is 20.3 Å². The fourth-order valence-corrected chi connectivity index (χ4v) is 2.66. The average molecular weight is 332 g/mol. The SMILES string of the molecule is COc1ccc(CCN[C@H](c2ccc(F)cn2)C(C)C)cc1OC. The summed E-state index contributed by atoms with van der Waals surface area (Å²) in [6.07, 6.45) is 2.12. The van der Waals surface area contributed by atoms with Crippen LogP contribution < -0.4 is 14.8 Å². The summed E-state index contributed by atoms with van der Waals surface area (Å²) in [7, 11) is 3.26. The van der Waals surface area contributed by atoms with Crippen LogP contribution in [0, 0.1) is 11.7 Å². The number of halogens is 1. The first-order chi connectivity index (χ1) is 11.5. The summed E-state index contributed by atoms with van der Waals surface area (Å²) in [5, 5.41) is 3.51. The molecule has 0 aliphatic rings. The van der Waals surface area contributed by atoms with E-state index in [0.717, 1.165) is 35.7 Å². The van der Waals surface area contributed by atoms with Gasteiger partial charge in [-0.2, -0.15) is 0 Å². The minimum absolute atomic E-state index is 0.0887.